The Labute approximate surface area is 90.3 Å². The van der Waals surface area contributed by atoms with Crippen molar-refractivity contribution in [2.75, 3.05) is 6.61 Å². The smallest absolute Gasteiger partial charge is 0.408 e. The molecule has 0 saturated heterocycles. The molecule has 1 atom stereocenters. The van der Waals surface area contributed by atoms with Crippen LogP contribution in [0, 0.1) is 11.8 Å². The van der Waals surface area contributed by atoms with Crippen molar-refractivity contribution in [1.29, 1.82) is 0 Å². The van der Waals surface area contributed by atoms with Crippen molar-refractivity contribution < 1.29 is 14.6 Å². The molecule has 4 heteroatoms. The Balaban J connectivity index is 4.19. The SMILES string of the molecule is C=CC#C[C@@H](CO)NC(=O)OC(C)(C)C. The average molecular weight is 211 g/mol. The molecule has 15 heavy (non-hydrogen) atoms. The molecule has 0 bridgehead atoms. The van der Waals surface area contributed by atoms with Crippen LogP contribution in [0.1, 0.15) is 20.8 Å². The lowest BCUT2D eigenvalue weighted by Crippen LogP contribution is -2.40. The quantitative estimate of drug-likeness (QED) is 0.671. The molecule has 0 radical (unpaired) electrons. The molecule has 0 aromatic heterocycles. The van der Waals surface area contributed by atoms with Gasteiger partial charge in [-0.25, -0.2) is 4.79 Å². The van der Waals surface area contributed by atoms with Gasteiger partial charge in [0.25, 0.3) is 0 Å². The Hall–Kier alpha value is -1.47. The first-order valence-electron chi connectivity index (χ1n) is 4.61. The Morgan fingerprint density at radius 1 is 1.67 bits per heavy atom. The fraction of sp³-hybridized carbons (Fsp3) is 0.545. The van der Waals surface area contributed by atoms with Crippen molar-refractivity contribution in [3.8, 4) is 11.8 Å². The second-order valence-corrected chi connectivity index (χ2v) is 3.87. The number of carbonyl (C=O) groups excluding carboxylic acids is 1. The Morgan fingerprint density at radius 2 is 2.27 bits per heavy atom. The predicted molar refractivity (Wildman–Crippen MR) is 58.2 cm³/mol. The van der Waals surface area contributed by atoms with Crippen molar-refractivity contribution in [3.63, 3.8) is 0 Å². The molecule has 0 rings (SSSR count). The Bertz CT molecular complexity index is 280. The molecule has 0 spiro atoms. The molecule has 1 amide bonds. The van der Waals surface area contributed by atoms with Gasteiger partial charge in [0.1, 0.15) is 11.6 Å². The molecule has 2 N–H and O–H groups in total. The molecular weight excluding hydrogens is 194 g/mol. The van der Waals surface area contributed by atoms with Crippen molar-refractivity contribution in [2.45, 2.75) is 32.4 Å². The number of carbonyl (C=O) groups is 1. The number of rotatable bonds is 2. The van der Waals surface area contributed by atoms with Crippen LogP contribution in [0.5, 0.6) is 0 Å². The van der Waals surface area contributed by atoms with E-state index in [1.54, 1.807) is 20.8 Å². The second-order valence-electron chi connectivity index (χ2n) is 3.87. The Kier molecular flexibility index (Phi) is 5.50. The van der Waals surface area contributed by atoms with E-state index in [0.717, 1.165) is 0 Å². The van der Waals surface area contributed by atoms with E-state index in [0.29, 0.717) is 0 Å². The van der Waals surface area contributed by atoms with E-state index >= 15 is 0 Å². The van der Waals surface area contributed by atoms with Crippen LogP contribution in [0.4, 0.5) is 4.79 Å². The number of amides is 1. The first-order valence-corrected chi connectivity index (χ1v) is 4.61. The lowest BCUT2D eigenvalue weighted by atomic mass is 10.2. The summed E-state index contributed by atoms with van der Waals surface area (Å²) in [5.74, 6) is 5.16. The maximum absolute atomic E-state index is 11.3. The number of allylic oxidation sites excluding steroid dienone is 1. The van der Waals surface area contributed by atoms with Gasteiger partial charge in [-0.15, -0.1) is 0 Å². The van der Waals surface area contributed by atoms with Crippen molar-refractivity contribution >= 4 is 6.09 Å². The zero-order valence-electron chi connectivity index (χ0n) is 9.33. The molecule has 0 saturated carbocycles. The van der Waals surface area contributed by atoms with Crippen LogP contribution in [-0.2, 0) is 4.74 Å². The van der Waals surface area contributed by atoms with Gasteiger partial charge in [0, 0.05) is 0 Å². The minimum Gasteiger partial charge on any atom is -0.444 e. The van der Waals surface area contributed by atoms with Gasteiger partial charge in [0.15, 0.2) is 0 Å². The highest BCUT2D eigenvalue weighted by Gasteiger charge is 2.17. The van der Waals surface area contributed by atoms with Crippen LogP contribution in [-0.4, -0.2) is 29.4 Å². The van der Waals surface area contributed by atoms with Gasteiger partial charge in [-0.3, -0.25) is 0 Å². The van der Waals surface area contributed by atoms with E-state index in [1.807, 2.05) is 0 Å². The number of aliphatic hydroxyl groups excluding tert-OH is 1. The summed E-state index contributed by atoms with van der Waals surface area (Å²) in [5, 5.41) is 11.3. The van der Waals surface area contributed by atoms with E-state index in [1.165, 1.54) is 6.08 Å². The summed E-state index contributed by atoms with van der Waals surface area (Å²) in [7, 11) is 0. The number of ether oxygens (including phenoxy) is 1. The zero-order valence-corrected chi connectivity index (χ0v) is 9.33. The van der Waals surface area contributed by atoms with E-state index in [9.17, 15) is 4.79 Å². The van der Waals surface area contributed by atoms with Crippen molar-refractivity contribution in [1.82, 2.24) is 5.32 Å². The molecule has 0 aliphatic heterocycles. The first-order chi connectivity index (χ1) is 6.89. The van der Waals surface area contributed by atoms with Gasteiger partial charge in [0.05, 0.1) is 6.61 Å². The standard InChI is InChI=1S/C11H17NO3/c1-5-6-7-9(8-13)12-10(14)15-11(2,3)4/h5,9,13H,1,8H2,2-4H3,(H,12,14)/t9-/m0/s1. The highest BCUT2D eigenvalue weighted by Crippen LogP contribution is 2.06. The highest BCUT2D eigenvalue weighted by atomic mass is 16.6. The predicted octanol–water partition coefficient (Wildman–Crippen LogP) is 1.06. The van der Waals surface area contributed by atoms with E-state index < -0.39 is 17.7 Å². The molecule has 0 aliphatic carbocycles. The minimum atomic E-state index is -0.627. The third-order valence-corrected chi connectivity index (χ3v) is 1.23. The third kappa shape index (κ3) is 7.59. The van der Waals surface area contributed by atoms with Gasteiger partial charge in [-0.05, 0) is 26.8 Å². The maximum atomic E-state index is 11.3. The molecule has 0 fully saturated rings. The molecule has 4 nitrogen and oxygen atoms in total. The van der Waals surface area contributed by atoms with Crippen molar-refractivity contribution in [3.05, 3.63) is 12.7 Å². The second kappa shape index (κ2) is 6.10. The summed E-state index contributed by atoms with van der Waals surface area (Å²) in [6.07, 6.45) is 0.791. The van der Waals surface area contributed by atoms with Crippen LogP contribution < -0.4 is 5.32 Å². The molecule has 0 unspecified atom stereocenters. The molecule has 0 heterocycles. The lowest BCUT2D eigenvalue weighted by molar-refractivity contribution is 0.0501. The summed E-state index contributed by atoms with van der Waals surface area (Å²) in [6.45, 7) is 8.42. The van der Waals surface area contributed by atoms with Crippen LogP contribution in [0.2, 0.25) is 0 Å². The molecule has 0 aromatic carbocycles. The zero-order chi connectivity index (χ0) is 11.9. The first kappa shape index (κ1) is 13.5. The number of aliphatic hydroxyl groups is 1. The van der Waals surface area contributed by atoms with E-state index in [4.69, 9.17) is 9.84 Å². The fourth-order valence-corrected chi connectivity index (χ4v) is 0.737. The van der Waals surface area contributed by atoms with Gasteiger partial charge in [-0.1, -0.05) is 18.4 Å². The fourth-order valence-electron chi connectivity index (χ4n) is 0.737. The van der Waals surface area contributed by atoms with Crippen LogP contribution in [0.3, 0.4) is 0 Å². The van der Waals surface area contributed by atoms with Crippen LogP contribution in [0.15, 0.2) is 12.7 Å². The summed E-state index contributed by atoms with van der Waals surface area (Å²) < 4.78 is 5.00. The van der Waals surface area contributed by atoms with Gasteiger partial charge in [-0.2, -0.15) is 0 Å². The molecule has 0 aromatic rings. The summed E-state index contributed by atoms with van der Waals surface area (Å²) >= 11 is 0. The van der Waals surface area contributed by atoms with Crippen molar-refractivity contribution in [2.24, 2.45) is 0 Å². The van der Waals surface area contributed by atoms with Gasteiger partial charge in [0.2, 0.25) is 0 Å². The number of alkyl carbamates (subject to hydrolysis) is 1. The summed E-state index contributed by atoms with van der Waals surface area (Å²) in [4.78, 5) is 11.3. The topological polar surface area (TPSA) is 58.6 Å². The molecule has 0 aliphatic rings. The lowest BCUT2D eigenvalue weighted by Gasteiger charge is -2.20. The van der Waals surface area contributed by atoms with E-state index in [-0.39, 0.29) is 6.61 Å². The van der Waals surface area contributed by atoms with Gasteiger partial charge >= 0.3 is 6.09 Å². The van der Waals surface area contributed by atoms with Crippen LogP contribution in [0.25, 0.3) is 0 Å². The van der Waals surface area contributed by atoms with E-state index in [2.05, 4.69) is 23.7 Å². The molecule has 84 valence electrons. The normalized spacial score (nSPS) is 12.0. The monoisotopic (exact) mass is 211 g/mol. The number of hydrogen-bond donors (Lipinski definition) is 2. The minimum absolute atomic E-state index is 0.264. The summed E-state index contributed by atoms with van der Waals surface area (Å²) in [6, 6.07) is -0.627. The Morgan fingerprint density at radius 3 is 2.67 bits per heavy atom. The third-order valence-electron chi connectivity index (χ3n) is 1.23. The largest absolute Gasteiger partial charge is 0.444 e. The average Bonchev–Trinajstić information content (AvgIpc) is 2.09. The summed E-state index contributed by atoms with van der Waals surface area (Å²) in [5.41, 5.74) is -0.560. The number of nitrogens with one attached hydrogen (secondary N) is 1. The van der Waals surface area contributed by atoms with Crippen LogP contribution >= 0.6 is 0 Å². The van der Waals surface area contributed by atoms with Gasteiger partial charge < -0.3 is 15.2 Å². The highest BCUT2D eigenvalue weighted by molar-refractivity contribution is 5.68. The number of hydrogen-bond acceptors (Lipinski definition) is 3. The maximum Gasteiger partial charge on any atom is 0.408 e. The molecular formula is C11H17NO3.